The Balaban J connectivity index is 4.23. The first-order valence-corrected chi connectivity index (χ1v) is 2.46. The van der Waals surface area contributed by atoms with Crippen LogP contribution in [0.25, 0.3) is 0 Å². The molecule has 0 aromatic heterocycles. The quantitative estimate of drug-likeness (QED) is 0.398. The highest BCUT2D eigenvalue weighted by molar-refractivity contribution is 6.67. The first kappa shape index (κ1) is 7.63. The van der Waals surface area contributed by atoms with Crippen LogP contribution in [-0.4, -0.2) is 5.24 Å². The van der Waals surface area contributed by atoms with Crippen molar-refractivity contribution in [3.05, 3.63) is 11.4 Å². The van der Waals surface area contributed by atoms with Crippen LogP contribution in [0.2, 0.25) is 0 Å². The molecule has 0 radical (unpaired) electrons. The van der Waals surface area contributed by atoms with Crippen LogP contribution in [0.4, 0.5) is 4.39 Å². The van der Waals surface area contributed by atoms with Crippen molar-refractivity contribution in [3.63, 3.8) is 0 Å². The van der Waals surface area contributed by atoms with Gasteiger partial charge < -0.3 is 0 Å². The van der Waals surface area contributed by atoms with Gasteiger partial charge in [0.25, 0.3) is 5.24 Å². The summed E-state index contributed by atoms with van der Waals surface area (Å²) in [6, 6.07) is 0. The van der Waals surface area contributed by atoms with E-state index in [9.17, 15) is 9.18 Å². The number of allylic oxidation sites excluding steroid dienone is 2. The Morgan fingerprint density at radius 1 is 1.50 bits per heavy atom. The van der Waals surface area contributed by atoms with E-state index in [1.807, 2.05) is 0 Å². The van der Waals surface area contributed by atoms with Crippen molar-refractivity contribution in [2.75, 3.05) is 0 Å². The van der Waals surface area contributed by atoms with Gasteiger partial charge in [-0.1, -0.05) is 0 Å². The zero-order valence-corrected chi connectivity index (χ0v) is 5.42. The van der Waals surface area contributed by atoms with Crippen LogP contribution >= 0.6 is 11.6 Å². The fourth-order valence-electron chi connectivity index (χ4n) is 0.135. The molecule has 0 aliphatic rings. The van der Waals surface area contributed by atoms with E-state index in [4.69, 9.17) is 11.6 Å². The minimum atomic E-state index is -0.731. The largest absolute Gasteiger partial charge is 0.276 e. The molecule has 0 aliphatic carbocycles. The average Bonchev–Trinajstić information content (AvgIpc) is 1.64. The molecule has 0 amide bonds. The van der Waals surface area contributed by atoms with Crippen molar-refractivity contribution in [2.24, 2.45) is 0 Å². The summed E-state index contributed by atoms with van der Waals surface area (Å²) in [4.78, 5) is 10.1. The molecule has 0 aromatic carbocycles. The lowest BCUT2D eigenvalue weighted by atomic mass is 10.3. The highest BCUT2D eigenvalue weighted by Crippen LogP contribution is 2.06. The van der Waals surface area contributed by atoms with E-state index in [-0.39, 0.29) is 5.57 Å². The van der Waals surface area contributed by atoms with Gasteiger partial charge in [-0.15, -0.1) is 0 Å². The van der Waals surface area contributed by atoms with Crippen LogP contribution in [0.5, 0.6) is 0 Å². The smallest absolute Gasteiger partial charge is 0.250 e. The molecule has 3 heteroatoms. The van der Waals surface area contributed by atoms with Crippen LogP contribution < -0.4 is 0 Å². The van der Waals surface area contributed by atoms with Gasteiger partial charge in [0.1, 0.15) is 5.83 Å². The third kappa shape index (κ3) is 2.07. The van der Waals surface area contributed by atoms with Gasteiger partial charge in [0.2, 0.25) is 0 Å². The summed E-state index contributed by atoms with van der Waals surface area (Å²) < 4.78 is 11.9. The third-order valence-corrected chi connectivity index (χ3v) is 1.10. The molecule has 0 atom stereocenters. The number of carbonyl (C=O) groups is 1. The van der Waals surface area contributed by atoms with E-state index in [2.05, 4.69) is 0 Å². The first-order chi connectivity index (χ1) is 3.55. The zero-order valence-electron chi connectivity index (χ0n) is 4.66. The molecule has 46 valence electrons. The normalized spacial score (nSPS) is 13.0. The Kier molecular flexibility index (Phi) is 2.69. The molecule has 0 N–H and O–H groups in total. The summed E-state index contributed by atoms with van der Waals surface area (Å²) in [7, 11) is 0. The van der Waals surface area contributed by atoms with Gasteiger partial charge in [0.15, 0.2) is 0 Å². The summed E-state index contributed by atoms with van der Waals surface area (Å²) in [5.41, 5.74) is -0.0216. The summed E-state index contributed by atoms with van der Waals surface area (Å²) in [6.45, 7) is 2.53. The maximum absolute atomic E-state index is 11.9. The Morgan fingerprint density at radius 3 is 1.88 bits per heavy atom. The Hall–Kier alpha value is -0.370. The fourth-order valence-corrected chi connectivity index (χ4v) is 0.266. The monoisotopic (exact) mass is 136 g/mol. The Labute approximate surface area is 52.1 Å². The van der Waals surface area contributed by atoms with E-state index in [0.29, 0.717) is 0 Å². The molecule has 0 fully saturated rings. The molecule has 8 heavy (non-hydrogen) atoms. The van der Waals surface area contributed by atoms with Crippen molar-refractivity contribution < 1.29 is 9.18 Å². The van der Waals surface area contributed by atoms with Crippen LogP contribution in [-0.2, 0) is 4.79 Å². The van der Waals surface area contributed by atoms with E-state index in [1.165, 1.54) is 13.8 Å². The van der Waals surface area contributed by atoms with Crippen LogP contribution in [0, 0.1) is 0 Å². The van der Waals surface area contributed by atoms with E-state index < -0.39 is 11.1 Å². The molecular formula is C5H6ClFO. The van der Waals surface area contributed by atoms with E-state index in [1.54, 1.807) is 0 Å². The SMILES string of the molecule is CC(F)=C(C)C(=O)Cl. The van der Waals surface area contributed by atoms with Gasteiger partial charge in [-0.05, 0) is 25.4 Å². The van der Waals surface area contributed by atoms with Crippen molar-refractivity contribution in [2.45, 2.75) is 13.8 Å². The maximum atomic E-state index is 11.9. The van der Waals surface area contributed by atoms with Crippen molar-refractivity contribution >= 4 is 16.8 Å². The molecule has 0 spiro atoms. The second-order valence-corrected chi connectivity index (χ2v) is 1.78. The molecule has 0 rings (SSSR count). The number of halogens is 2. The lowest BCUT2D eigenvalue weighted by molar-refractivity contribution is -0.108. The zero-order chi connectivity index (χ0) is 6.73. The standard InChI is InChI=1S/C5H6ClFO/c1-3(4(2)7)5(6)8/h1-2H3. The number of hydrogen-bond donors (Lipinski definition) is 0. The third-order valence-electron chi connectivity index (χ3n) is 0.812. The van der Waals surface area contributed by atoms with E-state index in [0.717, 1.165) is 0 Å². The predicted octanol–water partition coefficient (Wildman–Crippen LogP) is 2.02. The predicted molar refractivity (Wildman–Crippen MR) is 30.3 cm³/mol. The Morgan fingerprint density at radius 2 is 1.88 bits per heavy atom. The lowest BCUT2D eigenvalue weighted by Gasteiger charge is -1.88. The van der Waals surface area contributed by atoms with Crippen LogP contribution in [0.15, 0.2) is 11.4 Å². The molecule has 1 nitrogen and oxygen atoms in total. The van der Waals surface area contributed by atoms with E-state index >= 15 is 0 Å². The minimum absolute atomic E-state index is 0.0216. The van der Waals surface area contributed by atoms with Gasteiger partial charge in [0, 0.05) is 5.57 Å². The number of hydrogen-bond acceptors (Lipinski definition) is 1. The molecule has 0 saturated heterocycles. The molecule has 0 heterocycles. The second-order valence-electron chi connectivity index (χ2n) is 1.43. The molecule has 0 unspecified atom stereocenters. The molecule has 0 saturated carbocycles. The van der Waals surface area contributed by atoms with Gasteiger partial charge in [-0.2, -0.15) is 0 Å². The Bertz CT molecular complexity index is 135. The average molecular weight is 137 g/mol. The fraction of sp³-hybridized carbons (Fsp3) is 0.400. The topological polar surface area (TPSA) is 17.1 Å². The summed E-state index contributed by atoms with van der Waals surface area (Å²) >= 11 is 4.89. The van der Waals surface area contributed by atoms with Crippen LogP contribution in [0.1, 0.15) is 13.8 Å². The van der Waals surface area contributed by atoms with Gasteiger partial charge >= 0.3 is 0 Å². The maximum Gasteiger partial charge on any atom is 0.250 e. The van der Waals surface area contributed by atoms with Crippen molar-refractivity contribution in [3.8, 4) is 0 Å². The van der Waals surface area contributed by atoms with Crippen molar-refractivity contribution in [1.29, 1.82) is 0 Å². The molecule has 0 aliphatic heterocycles. The lowest BCUT2D eigenvalue weighted by Crippen LogP contribution is -1.88. The van der Waals surface area contributed by atoms with Gasteiger partial charge in [-0.25, -0.2) is 4.39 Å². The summed E-state index contributed by atoms with van der Waals surface area (Å²) in [5, 5.41) is -0.731. The van der Waals surface area contributed by atoms with Crippen LogP contribution in [0.3, 0.4) is 0 Å². The molecular weight excluding hydrogens is 131 g/mol. The highest BCUT2D eigenvalue weighted by Gasteiger charge is 2.01. The molecule has 0 aromatic rings. The summed E-state index contributed by atoms with van der Waals surface area (Å²) in [5.74, 6) is -0.523. The summed E-state index contributed by atoms with van der Waals surface area (Å²) in [6.07, 6.45) is 0. The van der Waals surface area contributed by atoms with Gasteiger partial charge in [0.05, 0.1) is 0 Å². The highest BCUT2D eigenvalue weighted by atomic mass is 35.5. The first-order valence-electron chi connectivity index (χ1n) is 2.08. The van der Waals surface area contributed by atoms with Crippen molar-refractivity contribution in [1.82, 2.24) is 0 Å². The van der Waals surface area contributed by atoms with Gasteiger partial charge in [-0.3, -0.25) is 4.79 Å². The number of rotatable bonds is 1. The minimum Gasteiger partial charge on any atom is -0.276 e. The second kappa shape index (κ2) is 2.82. The number of carbonyl (C=O) groups excluding carboxylic acids is 1. The molecule has 0 bridgehead atoms.